The Morgan fingerprint density at radius 3 is 2.50 bits per heavy atom. The minimum Gasteiger partial charge on any atom is -0.298 e. The van der Waals surface area contributed by atoms with Gasteiger partial charge in [0.05, 0.1) is 4.83 Å². The molecule has 1 aromatic carbocycles. The highest BCUT2D eigenvalue weighted by Gasteiger charge is 2.18. The molecule has 5 heteroatoms. The average molecular weight is 291 g/mol. The average Bonchev–Trinajstić information content (AvgIpc) is 2.26. The molecule has 0 aliphatic carbocycles. The Labute approximate surface area is 99.8 Å². The van der Waals surface area contributed by atoms with E-state index in [9.17, 15) is 18.4 Å². The number of hydrogen-bond acceptors (Lipinski definition) is 2. The van der Waals surface area contributed by atoms with E-state index in [-0.39, 0.29) is 22.5 Å². The summed E-state index contributed by atoms with van der Waals surface area (Å²) >= 11 is 3.05. The second kappa shape index (κ2) is 5.30. The van der Waals surface area contributed by atoms with Gasteiger partial charge < -0.3 is 0 Å². The van der Waals surface area contributed by atoms with Gasteiger partial charge in [0.2, 0.25) is 0 Å². The van der Waals surface area contributed by atoms with Crippen molar-refractivity contribution in [1.82, 2.24) is 0 Å². The molecule has 16 heavy (non-hydrogen) atoms. The SMILES string of the molecule is CC(Br)C(=O)c1cc(C(F)F)ccc1C=O. The van der Waals surface area contributed by atoms with E-state index in [0.717, 1.165) is 12.1 Å². The first kappa shape index (κ1) is 13.0. The van der Waals surface area contributed by atoms with Crippen LogP contribution in [0.2, 0.25) is 0 Å². The third-order valence-corrected chi connectivity index (χ3v) is 2.50. The van der Waals surface area contributed by atoms with Gasteiger partial charge in [0.25, 0.3) is 6.43 Å². The predicted octanol–water partition coefficient (Wildman–Crippen LogP) is 3.40. The van der Waals surface area contributed by atoms with Crippen molar-refractivity contribution in [3.63, 3.8) is 0 Å². The van der Waals surface area contributed by atoms with Crippen molar-refractivity contribution in [2.45, 2.75) is 18.2 Å². The van der Waals surface area contributed by atoms with Gasteiger partial charge in [-0.2, -0.15) is 0 Å². The molecule has 86 valence electrons. The largest absolute Gasteiger partial charge is 0.298 e. The third kappa shape index (κ3) is 2.72. The molecule has 0 aliphatic rings. The number of halogens is 3. The smallest absolute Gasteiger partial charge is 0.263 e. The fraction of sp³-hybridized carbons (Fsp3) is 0.273. The summed E-state index contributed by atoms with van der Waals surface area (Å²) in [5.74, 6) is -0.385. The molecule has 0 aromatic heterocycles. The van der Waals surface area contributed by atoms with Gasteiger partial charge in [0.15, 0.2) is 12.1 Å². The zero-order valence-corrected chi connectivity index (χ0v) is 10.0. The molecular formula is C11H9BrF2O2. The summed E-state index contributed by atoms with van der Waals surface area (Å²) in [6.45, 7) is 1.58. The summed E-state index contributed by atoms with van der Waals surface area (Å²) in [5, 5.41) is 0. The van der Waals surface area contributed by atoms with E-state index in [1.807, 2.05) is 0 Å². The summed E-state index contributed by atoms with van der Waals surface area (Å²) in [5.41, 5.74) is -0.111. The summed E-state index contributed by atoms with van der Waals surface area (Å²) in [4.78, 5) is 21.8. The van der Waals surface area contributed by atoms with E-state index >= 15 is 0 Å². The Balaban J connectivity index is 3.27. The van der Waals surface area contributed by atoms with E-state index in [0.29, 0.717) is 6.29 Å². The van der Waals surface area contributed by atoms with E-state index in [2.05, 4.69) is 15.9 Å². The van der Waals surface area contributed by atoms with Crippen LogP contribution in [0.5, 0.6) is 0 Å². The van der Waals surface area contributed by atoms with Crippen LogP contribution in [0.1, 0.15) is 39.6 Å². The molecule has 0 fully saturated rings. The maximum Gasteiger partial charge on any atom is 0.263 e. The van der Waals surface area contributed by atoms with Crippen molar-refractivity contribution in [2.75, 3.05) is 0 Å². The van der Waals surface area contributed by atoms with Crippen molar-refractivity contribution >= 4 is 28.0 Å². The van der Waals surface area contributed by atoms with Crippen LogP contribution < -0.4 is 0 Å². The molecule has 1 unspecified atom stereocenters. The number of carbonyl (C=O) groups is 2. The molecule has 0 saturated heterocycles. The molecule has 0 saturated carbocycles. The molecule has 1 aromatic rings. The first-order valence-electron chi connectivity index (χ1n) is 4.53. The Morgan fingerprint density at radius 1 is 1.44 bits per heavy atom. The second-order valence-corrected chi connectivity index (χ2v) is 4.62. The lowest BCUT2D eigenvalue weighted by Gasteiger charge is -2.08. The Bertz CT molecular complexity index is 416. The number of carbonyl (C=O) groups excluding carboxylic acids is 2. The lowest BCUT2D eigenvalue weighted by atomic mass is 10.00. The predicted molar refractivity (Wildman–Crippen MR) is 59.5 cm³/mol. The zero-order valence-electron chi connectivity index (χ0n) is 8.41. The fourth-order valence-corrected chi connectivity index (χ4v) is 1.49. The summed E-state index contributed by atoms with van der Waals surface area (Å²) in [6, 6.07) is 3.44. The van der Waals surface area contributed by atoms with Gasteiger partial charge in [-0.1, -0.05) is 28.1 Å². The van der Waals surface area contributed by atoms with Crippen molar-refractivity contribution in [3.05, 3.63) is 34.9 Å². The summed E-state index contributed by atoms with van der Waals surface area (Å²) in [7, 11) is 0. The number of ketones is 1. The topological polar surface area (TPSA) is 34.1 Å². The van der Waals surface area contributed by atoms with Crippen LogP contribution in [0.3, 0.4) is 0 Å². The molecule has 1 atom stereocenters. The monoisotopic (exact) mass is 290 g/mol. The minimum absolute atomic E-state index is 0.0252. The van der Waals surface area contributed by atoms with E-state index in [1.54, 1.807) is 6.92 Å². The van der Waals surface area contributed by atoms with Gasteiger partial charge in [0.1, 0.15) is 0 Å². The van der Waals surface area contributed by atoms with Gasteiger partial charge in [-0.15, -0.1) is 0 Å². The zero-order chi connectivity index (χ0) is 12.3. The molecule has 0 aliphatic heterocycles. The number of rotatable bonds is 4. The molecule has 0 radical (unpaired) electrons. The van der Waals surface area contributed by atoms with E-state index < -0.39 is 11.3 Å². The Hall–Kier alpha value is -1.10. The molecule has 0 N–H and O–H groups in total. The van der Waals surface area contributed by atoms with Crippen molar-refractivity contribution < 1.29 is 18.4 Å². The Morgan fingerprint density at radius 2 is 2.06 bits per heavy atom. The summed E-state index contributed by atoms with van der Waals surface area (Å²) < 4.78 is 24.9. The first-order chi connectivity index (χ1) is 7.47. The highest BCUT2D eigenvalue weighted by molar-refractivity contribution is 9.10. The maximum absolute atomic E-state index is 12.4. The Kier molecular flexibility index (Phi) is 4.29. The van der Waals surface area contributed by atoms with Crippen LogP contribution in [-0.2, 0) is 0 Å². The number of alkyl halides is 3. The highest BCUT2D eigenvalue weighted by Crippen LogP contribution is 2.23. The van der Waals surface area contributed by atoms with Gasteiger partial charge in [-0.05, 0) is 13.0 Å². The number of Topliss-reactive ketones (excluding diaryl/α,β-unsaturated/α-hetero) is 1. The molecule has 1 rings (SSSR count). The van der Waals surface area contributed by atoms with Crippen LogP contribution in [0, 0.1) is 0 Å². The van der Waals surface area contributed by atoms with Crippen LogP contribution >= 0.6 is 15.9 Å². The first-order valence-corrected chi connectivity index (χ1v) is 5.44. The highest BCUT2D eigenvalue weighted by atomic mass is 79.9. The number of benzene rings is 1. The van der Waals surface area contributed by atoms with Crippen molar-refractivity contribution in [1.29, 1.82) is 0 Å². The molecular weight excluding hydrogens is 282 g/mol. The second-order valence-electron chi connectivity index (χ2n) is 3.25. The van der Waals surface area contributed by atoms with Gasteiger partial charge >= 0.3 is 0 Å². The van der Waals surface area contributed by atoms with Gasteiger partial charge in [-0.3, -0.25) is 9.59 Å². The molecule has 0 spiro atoms. The molecule has 2 nitrogen and oxygen atoms in total. The van der Waals surface area contributed by atoms with Gasteiger partial charge in [0, 0.05) is 16.7 Å². The van der Waals surface area contributed by atoms with Crippen LogP contribution in [0.15, 0.2) is 18.2 Å². The lowest BCUT2D eigenvalue weighted by Crippen LogP contribution is -2.13. The van der Waals surface area contributed by atoms with Crippen LogP contribution in [-0.4, -0.2) is 16.9 Å². The minimum atomic E-state index is -2.65. The quantitative estimate of drug-likeness (QED) is 0.484. The lowest BCUT2D eigenvalue weighted by molar-refractivity contribution is 0.0988. The third-order valence-electron chi connectivity index (χ3n) is 2.08. The normalized spacial score (nSPS) is 12.6. The van der Waals surface area contributed by atoms with Crippen LogP contribution in [0.25, 0.3) is 0 Å². The number of hydrogen-bond donors (Lipinski definition) is 0. The van der Waals surface area contributed by atoms with E-state index in [1.165, 1.54) is 6.07 Å². The van der Waals surface area contributed by atoms with Crippen molar-refractivity contribution in [2.24, 2.45) is 0 Å². The van der Waals surface area contributed by atoms with Crippen LogP contribution in [0.4, 0.5) is 8.78 Å². The molecule has 0 heterocycles. The summed E-state index contributed by atoms with van der Waals surface area (Å²) in [6.07, 6.45) is -2.17. The van der Waals surface area contributed by atoms with Gasteiger partial charge in [-0.25, -0.2) is 8.78 Å². The van der Waals surface area contributed by atoms with Crippen molar-refractivity contribution in [3.8, 4) is 0 Å². The number of aldehydes is 1. The standard InChI is InChI=1S/C11H9BrF2O2/c1-6(12)10(16)9-4-7(11(13)14)2-3-8(9)5-15/h2-6,11H,1H3. The molecule has 0 bridgehead atoms. The molecule has 0 amide bonds. The van der Waals surface area contributed by atoms with E-state index in [4.69, 9.17) is 0 Å². The fourth-order valence-electron chi connectivity index (χ4n) is 1.24. The maximum atomic E-state index is 12.4.